The average molecular weight is 690 g/mol. The number of methoxy groups -OCH3 is 2. The fraction of sp³-hybridized carbons (Fsp3) is 0.474. The summed E-state index contributed by atoms with van der Waals surface area (Å²) in [4.78, 5) is 59.3. The van der Waals surface area contributed by atoms with Gasteiger partial charge in [-0.15, -0.1) is 13.2 Å². The van der Waals surface area contributed by atoms with Crippen LogP contribution in [0.25, 0.3) is 0 Å². The van der Waals surface area contributed by atoms with Crippen molar-refractivity contribution in [2.45, 2.75) is 68.5 Å². The van der Waals surface area contributed by atoms with Gasteiger partial charge in [0.2, 0.25) is 11.8 Å². The summed E-state index contributed by atoms with van der Waals surface area (Å²) in [5.41, 5.74) is -0.134. The first kappa shape index (κ1) is 36.8. The van der Waals surface area contributed by atoms with Crippen molar-refractivity contribution in [3.05, 3.63) is 85.5 Å². The predicted molar refractivity (Wildman–Crippen MR) is 185 cm³/mol. The second-order valence-electron chi connectivity index (χ2n) is 13.0. The van der Waals surface area contributed by atoms with E-state index >= 15 is 0 Å². The van der Waals surface area contributed by atoms with Gasteiger partial charge in [-0.3, -0.25) is 19.2 Å². The predicted octanol–water partition coefficient (Wildman–Crippen LogP) is 3.35. The number of nitrogens with one attached hydrogen (secondary N) is 1. The number of rotatable bonds is 17. The number of ether oxygens (including phenoxy) is 4. The highest BCUT2D eigenvalue weighted by Crippen LogP contribution is 2.59. The molecule has 0 aliphatic carbocycles. The van der Waals surface area contributed by atoms with Crippen LogP contribution in [0.5, 0.6) is 5.75 Å². The number of nitrogens with zero attached hydrogens (tertiary/aromatic N) is 2. The molecule has 3 fully saturated rings. The minimum Gasteiger partial charge on any atom is -0.497 e. The van der Waals surface area contributed by atoms with E-state index in [2.05, 4.69) is 18.5 Å². The number of esters is 1. The summed E-state index contributed by atoms with van der Waals surface area (Å²) in [5, 5.41) is 13.2. The molecule has 2 aromatic carbocycles. The van der Waals surface area contributed by atoms with Gasteiger partial charge in [-0.1, -0.05) is 42.5 Å². The SMILES string of the molecule is C=CCCC(=O)N[C@H](COC)[C@H](OC(=O)[C@@H]1[C@H]2C(=O)N([C@H](C)CO)[C@H](C(=O)N(CC=C)c3ccc(OC)cc3)[C@]23CC[C@H]1O3)c1ccccc1. The number of anilines is 1. The van der Waals surface area contributed by atoms with Crippen LogP contribution in [0.3, 0.4) is 0 Å². The van der Waals surface area contributed by atoms with Gasteiger partial charge in [0.05, 0.1) is 50.3 Å². The van der Waals surface area contributed by atoms with Gasteiger partial charge in [0.15, 0.2) is 0 Å². The average Bonchev–Trinajstić information content (AvgIpc) is 3.79. The van der Waals surface area contributed by atoms with Crippen molar-refractivity contribution in [2.24, 2.45) is 11.8 Å². The Labute approximate surface area is 293 Å². The third kappa shape index (κ3) is 6.92. The molecule has 8 atom stereocenters. The quantitative estimate of drug-likeness (QED) is 0.189. The van der Waals surface area contributed by atoms with Crippen molar-refractivity contribution in [2.75, 3.05) is 38.9 Å². The summed E-state index contributed by atoms with van der Waals surface area (Å²) in [7, 11) is 3.04. The maximum atomic E-state index is 14.7. The Hall–Kier alpha value is -4.52. The number of aliphatic hydroxyl groups excluding tert-OH is 1. The largest absolute Gasteiger partial charge is 0.497 e. The van der Waals surface area contributed by atoms with Crippen LogP contribution in [-0.4, -0.2) is 97.5 Å². The Kier molecular flexibility index (Phi) is 11.8. The van der Waals surface area contributed by atoms with Gasteiger partial charge < -0.3 is 39.2 Å². The summed E-state index contributed by atoms with van der Waals surface area (Å²) < 4.78 is 23.6. The molecule has 2 bridgehead atoms. The molecule has 3 heterocycles. The van der Waals surface area contributed by atoms with Gasteiger partial charge in [-0.05, 0) is 56.0 Å². The van der Waals surface area contributed by atoms with Crippen molar-refractivity contribution in [3.63, 3.8) is 0 Å². The smallest absolute Gasteiger partial charge is 0.313 e. The maximum absolute atomic E-state index is 14.7. The zero-order valence-electron chi connectivity index (χ0n) is 28.9. The molecule has 2 aromatic rings. The van der Waals surface area contributed by atoms with E-state index in [1.807, 2.05) is 6.07 Å². The molecule has 0 aromatic heterocycles. The standard InChI is InChI=1S/C38H47N3O9/c1-6-8-14-30(43)39-28(23-47-4)33(25-12-10-9-11-13-25)49-37(46)31-29-19-20-38(50-29)32(31)35(44)41(24(3)22-42)34(38)36(45)40(21-7-2)26-15-17-27(48-5)18-16-26/h6-7,9-13,15-18,24,28-29,31-34,42H,1-2,8,14,19-23H2,3-5H3,(H,39,43)/t24-,28-,29-,31+,32+,33-,34-,38+/m1/s1. The van der Waals surface area contributed by atoms with Gasteiger partial charge in [0, 0.05) is 25.8 Å². The Balaban J connectivity index is 1.49. The van der Waals surface area contributed by atoms with E-state index in [9.17, 15) is 24.3 Å². The lowest BCUT2D eigenvalue weighted by atomic mass is 9.70. The Morgan fingerprint density at radius 1 is 1.12 bits per heavy atom. The van der Waals surface area contributed by atoms with E-state index in [4.69, 9.17) is 18.9 Å². The van der Waals surface area contributed by atoms with Crippen molar-refractivity contribution < 1.29 is 43.2 Å². The highest BCUT2D eigenvalue weighted by molar-refractivity contribution is 6.04. The molecule has 1 spiro atoms. The molecule has 12 nitrogen and oxygen atoms in total. The van der Waals surface area contributed by atoms with Crippen molar-refractivity contribution in [1.82, 2.24) is 10.2 Å². The van der Waals surface area contributed by atoms with E-state index in [0.717, 1.165) is 0 Å². The molecule has 2 N–H and O–H groups in total. The van der Waals surface area contributed by atoms with E-state index in [0.29, 0.717) is 36.3 Å². The summed E-state index contributed by atoms with van der Waals surface area (Å²) in [6, 6.07) is 13.4. The lowest BCUT2D eigenvalue weighted by molar-refractivity contribution is -0.163. The highest BCUT2D eigenvalue weighted by Gasteiger charge is 2.75. The minimum absolute atomic E-state index is 0.0480. The lowest BCUT2D eigenvalue weighted by Crippen LogP contribution is -2.58. The van der Waals surface area contributed by atoms with Crippen LogP contribution >= 0.6 is 0 Å². The molecule has 268 valence electrons. The number of benzene rings is 2. The molecule has 12 heteroatoms. The van der Waals surface area contributed by atoms with Crippen LogP contribution in [-0.2, 0) is 33.4 Å². The number of likely N-dealkylation sites (tertiary alicyclic amines) is 1. The molecule has 3 aliphatic rings. The molecular formula is C38H47N3O9. The van der Waals surface area contributed by atoms with E-state index in [-0.39, 0.29) is 25.5 Å². The number of carbonyl (C=O) groups is 4. The van der Waals surface area contributed by atoms with Gasteiger partial charge in [0.25, 0.3) is 5.91 Å². The molecule has 3 aliphatic heterocycles. The summed E-state index contributed by atoms with van der Waals surface area (Å²) >= 11 is 0. The van der Waals surface area contributed by atoms with Gasteiger partial charge in [0.1, 0.15) is 23.5 Å². The van der Waals surface area contributed by atoms with Crippen LogP contribution in [0.1, 0.15) is 44.3 Å². The summed E-state index contributed by atoms with van der Waals surface area (Å²) in [6.45, 7) is 8.98. The zero-order chi connectivity index (χ0) is 36.0. The minimum atomic E-state index is -1.33. The van der Waals surface area contributed by atoms with Crippen molar-refractivity contribution in [3.8, 4) is 5.75 Å². The third-order valence-corrected chi connectivity index (χ3v) is 9.95. The normalized spacial score (nSPS) is 25.3. The van der Waals surface area contributed by atoms with Gasteiger partial charge >= 0.3 is 5.97 Å². The first-order valence-electron chi connectivity index (χ1n) is 17.0. The maximum Gasteiger partial charge on any atom is 0.313 e. The van der Waals surface area contributed by atoms with E-state index in [1.54, 1.807) is 74.7 Å². The highest BCUT2D eigenvalue weighted by atomic mass is 16.6. The molecule has 0 saturated carbocycles. The second-order valence-corrected chi connectivity index (χ2v) is 13.0. The van der Waals surface area contributed by atoms with Crippen LogP contribution in [0.15, 0.2) is 79.9 Å². The third-order valence-electron chi connectivity index (χ3n) is 9.95. The Morgan fingerprint density at radius 3 is 2.46 bits per heavy atom. The first-order chi connectivity index (χ1) is 24.1. The van der Waals surface area contributed by atoms with Crippen LogP contribution < -0.4 is 15.0 Å². The number of hydrogen-bond donors (Lipinski definition) is 2. The van der Waals surface area contributed by atoms with E-state index < -0.39 is 72.2 Å². The topological polar surface area (TPSA) is 144 Å². The molecule has 0 radical (unpaired) electrons. The van der Waals surface area contributed by atoms with Gasteiger partial charge in [-0.2, -0.15) is 0 Å². The number of amides is 3. The fourth-order valence-electron chi connectivity index (χ4n) is 7.69. The first-order valence-corrected chi connectivity index (χ1v) is 17.0. The molecule has 3 saturated heterocycles. The summed E-state index contributed by atoms with van der Waals surface area (Å²) in [5.74, 6) is -3.24. The second kappa shape index (κ2) is 16.0. The molecule has 3 amide bonds. The van der Waals surface area contributed by atoms with Crippen molar-refractivity contribution >= 4 is 29.4 Å². The zero-order valence-corrected chi connectivity index (χ0v) is 28.9. The van der Waals surface area contributed by atoms with Crippen LogP contribution in [0, 0.1) is 11.8 Å². The number of fused-ring (bicyclic) bond motifs is 1. The van der Waals surface area contributed by atoms with Crippen LogP contribution in [0.4, 0.5) is 5.69 Å². The molecule has 50 heavy (non-hydrogen) atoms. The Bertz CT molecular complexity index is 1550. The molecule has 5 rings (SSSR count). The Morgan fingerprint density at radius 2 is 1.84 bits per heavy atom. The number of hydrogen-bond acceptors (Lipinski definition) is 9. The fourth-order valence-corrected chi connectivity index (χ4v) is 7.69. The molecular weight excluding hydrogens is 642 g/mol. The monoisotopic (exact) mass is 689 g/mol. The van der Waals surface area contributed by atoms with Gasteiger partial charge in [-0.25, -0.2) is 0 Å². The number of carbonyl (C=O) groups excluding carboxylic acids is 4. The summed E-state index contributed by atoms with van der Waals surface area (Å²) in [6.07, 6.45) is 3.07. The van der Waals surface area contributed by atoms with Crippen molar-refractivity contribution in [1.29, 1.82) is 0 Å². The number of allylic oxidation sites excluding steroid dienone is 1. The lowest BCUT2D eigenvalue weighted by Gasteiger charge is -2.38. The van der Waals surface area contributed by atoms with E-state index in [1.165, 1.54) is 16.9 Å². The molecule has 0 unspecified atom stereocenters. The number of aliphatic hydroxyl groups is 1. The van der Waals surface area contributed by atoms with Crippen LogP contribution in [0.2, 0.25) is 0 Å².